The van der Waals surface area contributed by atoms with Crippen molar-refractivity contribution >= 4 is 14.6 Å². The van der Waals surface area contributed by atoms with Gasteiger partial charge in [-0.15, -0.1) is 0 Å². The summed E-state index contributed by atoms with van der Waals surface area (Å²) in [4.78, 5) is 0. The van der Waals surface area contributed by atoms with Crippen LogP contribution in [0.4, 0.5) is 0 Å². The topological polar surface area (TPSA) is 69.2 Å². The van der Waals surface area contributed by atoms with E-state index in [2.05, 4.69) is 27.7 Å². The van der Waals surface area contributed by atoms with Gasteiger partial charge in [0, 0.05) is 7.26 Å². The van der Waals surface area contributed by atoms with Crippen molar-refractivity contribution in [1.82, 2.24) is 0 Å². The molecular formula is C16H38BO3P. The maximum absolute atomic E-state index is 8.42. The normalized spacial score (nSPS) is 11.0. The van der Waals surface area contributed by atoms with Crippen molar-refractivity contribution in [3.63, 3.8) is 0 Å². The van der Waals surface area contributed by atoms with Crippen LogP contribution < -0.4 is 15.1 Å². The Balaban J connectivity index is -0.000000268. The van der Waals surface area contributed by atoms with Gasteiger partial charge in [-0.05, 0) is 25.7 Å². The second kappa shape index (κ2) is 16.7. The molecule has 0 aliphatic rings. The molecule has 128 valence electrons. The molecule has 0 bridgehead atoms. The molecule has 0 unspecified atom stereocenters. The standard InChI is InChI=1S/C16H36P.BO3/c1-5-9-13-17(14-10-6-2,15-11-7-3)16-12-8-4;2-1(3)4/h5-16H2,1-4H3;/q+1;-3/p+2. The SMILES string of the molecule is CCCC[P+](CCCC)(CCCC)CCCC.[H+].[H+].[O-]B([O-])[O-]. The third kappa shape index (κ3) is 16.6. The van der Waals surface area contributed by atoms with E-state index < -0.39 is 14.6 Å². The second-order valence-electron chi connectivity index (χ2n) is 5.94. The summed E-state index contributed by atoms with van der Waals surface area (Å²) < 4.78 is 0. The highest BCUT2D eigenvalue weighted by molar-refractivity contribution is 7.75. The summed E-state index contributed by atoms with van der Waals surface area (Å²) >= 11 is 0. The predicted molar refractivity (Wildman–Crippen MR) is 94.0 cm³/mol. The molecule has 0 fully saturated rings. The smallest absolute Gasteiger partial charge is 0.907 e. The molecule has 0 rings (SSSR count). The van der Waals surface area contributed by atoms with Crippen LogP contribution in [0.1, 0.15) is 81.9 Å². The fourth-order valence-corrected chi connectivity index (χ4v) is 7.93. The van der Waals surface area contributed by atoms with Gasteiger partial charge in [0.1, 0.15) is 0 Å². The van der Waals surface area contributed by atoms with Crippen LogP contribution in [-0.4, -0.2) is 32.0 Å². The van der Waals surface area contributed by atoms with Crippen LogP contribution in [0.2, 0.25) is 0 Å². The van der Waals surface area contributed by atoms with E-state index in [-0.39, 0.29) is 2.85 Å². The average molecular weight is 320 g/mol. The number of rotatable bonds is 12. The zero-order valence-electron chi connectivity index (χ0n) is 16.7. The minimum absolute atomic E-state index is 0. The molecule has 0 aliphatic heterocycles. The number of unbranched alkanes of at least 4 members (excludes halogenated alkanes) is 4. The molecule has 0 aliphatic carbocycles. The Hall–Kier alpha value is 0.375. The van der Waals surface area contributed by atoms with Crippen molar-refractivity contribution in [3.8, 4) is 0 Å². The van der Waals surface area contributed by atoms with Crippen molar-refractivity contribution in [2.75, 3.05) is 24.6 Å². The molecule has 0 saturated heterocycles. The molecule has 0 aromatic heterocycles. The fourth-order valence-electron chi connectivity index (χ4n) is 2.64. The highest BCUT2D eigenvalue weighted by Gasteiger charge is 2.34. The van der Waals surface area contributed by atoms with Crippen LogP contribution in [0.3, 0.4) is 0 Å². The third-order valence-electron chi connectivity index (χ3n) is 3.94. The van der Waals surface area contributed by atoms with Gasteiger partial charge in [-0.25, -0.2) is 0 Å². The molecule has 3 nitrogen and oxygen atoms in total. The molecule has 0 radical (unpaired) electrons. The van der Waals surface area contributed by atoms with E-state index in [4.69, 9.17) is 15.1 Å². The average Bonchev–Trinajstić information content (AvgIpc) is 2.45. The predicted octanol–water partition coefficient (Wildman–Crippen LogP) is 2.48. The monoisotopic (exact) mass is 320 g/mol. The largest absolute Gasteiger partial charge is 1.00 e. The van der Waals surface area contributed by atoms with Crippen molar-refractivity contribution in [2.24, 2.45) is 0 Å². The lowest BCUT2D eigenvalue weighted by Crippen LogP contribution is -2.56. The maximum Gasteiger partial charge on any atom is 1.00 e. The molecule has 0 heterocycles. The van der Waals surface area contributed by atoms with Crippen LogP contribution in [0.5, 0.6) is 0 Å². The minimum atomic E-state index is -2.92. The summed E-state index contributed by atoms with van der Waals surface area (Å²) in [6.07, 6.45) is 17.9. The second-order valence-corrected chi connectivity index (χ2v) is 10.4. The lowest BCUT2D eigenvalue weighted by atomic mass is 10.3. The zero-order chi connectivity index (χ0) is 16.6. The molecule has 5 heteroatoms. The van der Waals surface area contributed by atoms with Crippen LogP contribution in [0.25, 0.3) is 0 Å². The molecule has 21 heavy (non-hydrogen) atoms. The van der Waals surface area contributed by atoms with E-state index in [1.165, 1.54) is 51.4 Å². The molecule has 0 spiro atoms. The Morgan fingerprint density at radius 3 is 0.952 bits per heavy atom. The van der Waals surface area contributed by atoms with Crippen molar-refractivity contribution < 1.29 is 17.9 Å². The summed E-state index contributed by atoms with van der Waals surface area (Å²) in [5.74, 6) is 0. The number of hydrogen-bond acceptors (Lipinski definition) is 3. The van der Waals surface area contributed by atoms with Gasteiger partial charge in [-0.3, -0.25) is 7.32 Å². The van der Waals surface area contributed by atoms with E-state index in [0.29, 0.717) is 0 Å². The maximum atomic E-state index is 8.42. The van der Waals surface area contributed by atoms with Crippen LogP contribution in [0, 0.1) is 0 Å². The first kappa shape index (κ1) is 23.6. The van der Waals surface area contributed by atoms with Crippen molar-refractivity contribution in [3.05, 3.63) is 0 Å². The van der Waals surface area contributed by atoms with Gasteiger partial charge in [0.2, 0.25) is 0 Å². The fraction of sp³-hybridized carbons (Fsp3) is 1.00. The summed E-state index contributed by atoms with van der Waals surface area (Å²) in [7, 11) is -3.48. The molecule has 0 aromatic carbocycles. The molecular weight excluding hydrogens is 282 g/mol. The van der Waals surface area contributed by atoms with Gasteiger partial charge in [-0.2, -0.15) is 0 Å². The van der Waals surface area contributed by atoms with Crippen LogP contribution in [-0.2, 0) is 0 Å². The third-order valence-corrected chi connectivity index (χ3v) is 9.00. The highest BCUT2D eigenvalue weighted by Crippen LogP contribution is 2.61. The van der Waals surface area contributed by atoms with E-state index in [9.17, 15) is 0 Å². The van der Waals surface area contributed by atoms with Crippen LogP contribution in [0.15, 0.2) is 0 Å². The first-order chi connectivity index (χ1) is 9.97. The van der Waals surface area contributed by atoms with E-state index in [1.54, 1.807) is 24.6 Å². The summed E-state index contributed by atoms with van der Waals surface area (Å²) in [6.45, 7) is 9.42. The van der Waals surface area contributed by atoms with Crippen molar-refractivity contribution in [1.29, 1.82) is 0 Å². The van der Waals surface area contributed by atoms with Gasteiger partial charge < -0.3 is 15.1 Å². The number of hydrogen-bond donors (Lipinski definition) is 0. The molecule has 0 N–H and O–H groups in total. The lowest BCUT2D eigenvalue weighted by molar-refractivity contribution is -0.479. The molecule has 0 aromatic rings. The Morgan fingerprint density at radius 2 is 0.810 bits per heavy atom. The summed E-state index contributed by atoms with van der Waals surface area (Å²) in [5, 5.41) is 25.2. The van der Waals surface area contributed by atoms with Gasteiger partial charge in [0.05, 0.1) is 24.6 Å². The highest BCUT2D eigenvalue weighted by atomic mass is 31.2. The van der Waals surface area contributed by atoms with Gasteiger partial charge >= 0.3 is 2.85 Å². The summed E-state index contributed by atoms with van der Waals surface area (Å²) in [5.41, 5.74) is 0. The molecule has 0 atom stereocenters. The summed E-state index contributed by atoms with van der Waals surface area (Å²) in [6, 6.07) is 0. The zero-order valence-corrected chi connectivity index (χ0v) is 15.6. The van der Waals surface area contributed by atoms with E-state index in [1.807, 2.05) is 0 Å². The molecule has 0 saturated carbocycles. The van der Waals surface area contributed by atoms with Gasteiger partial charge in [0.25, 0.3) is 0 Å². The quantitative estimate of drug-likeness (QED) is 0.410. The van der Waals surface area contributed by atoms with Crippen molar-refractivity contribution in [2.45, 2.75) is 79.1 Å². The Bertz CT molecular complexity index is 173. The Labute approximate surface area is 137 Å². The Kier molecular flexibility index (Phi) is 18.8. The molecule has 0 amide bonds. The lowest BCUT2D eigenvalue weighted by Gasteiger charge is -2.35. The van der Waals surface area contributed by atoms with E-state index in [0.717, 1.165) is 0 Å². The minimum Gasteiger partial charge on any atom is -0.907 e. The van der Waals surface area contributed by atoms with E-state index >= 15 is 0 Å². The van der Waals surface area contributed by atoms with Gasteiger partial charge in [0.15, 0.2) is 0 Å². The van der Waals surface area contributed by atoms with Crippen LogP contribution >= 0.6 is 7.26 Å². The first-order valence-electron chi connectivity index (χ1n) is 8.80. The van der Waals surface area contributed by atoms with Gasteiger partial charge in [-0.1, -0.05) is 53.4 Å². The first-order valence-corrected chi connectivity index (χ1v) is 11.3. The Morgan fingerprint density at radius 1 is 0.619 bits per heavy atom.